The van der Waals surface area contributed by atoms with Crippen LogP contribution < -0.4 is 5.32 Å². The Morgan fingerprint density at radius 2 is 2.28 bits per heavy atom. The number of nitrogens with zero attached hydrogens (tertiary/aromatic N) is 1. The van der Waals surface area contributed by atoms with E-state index in [1.54, 1.807) is 0 Å². The number of pyridine rings is 1. The summed E-state index contributed by atoms with van der Waals surface area (Å²) in [6.45, 7) is 2.48. The van der Waals surface area contributed by atoms with E-state index in [0.717, 1.165) is 0 Å². The van der Waals surface area contributed by atoms with Gasteiger partial charge in [-0.2, -0.15) is 0 Å². The van der Waals surface area contributed by atoms with Crippen molar-refractivity contribution in [2.24, 2.45) is 5.41 Å². The van der Waals surface area contributed by atoms with E-state index in [1.807, 2.05) is 6.20 Å². The molecule has 3 unspecified atom stereocenters. The lowest BCUT2D eigenvalue weighted by atomic mass is 9.68. The van der Waals surface area contributed by atoms with Crippen LogP contribution in [0.25, 0.3) is 0 Å². The summed E-state index contributed by atoms with van der Waals surface area (Å²) in [4.78, 5) is 4.72. The lowest BCUT2D eigenvalue weighted by Gasteiger charge is -2.37. The van der Waals surface area contributed by atoms with Crippen molar-refractivity contribution >= 4 is 0 Å². The third-order valence-corrected chi connectivity index (χ3v) is 5.22. The molecule has 2 heteroatoms. The third-order valence-electron chi connectivity index (χ3n) is 5.22. The maximum absolute atomic E-state index is 4.72. The molecule has 0 saturated heterocycles. The zero-order chi connectivity index (χ0) is 12.6. The van der Waals surface area contributed by atoms with E-state index in [4.69, 9.17) is 4.98 Å². The van der Waals surface area contributed by atoms with Gasteiger partial charge in [0.2, 0.25) is 0 Å². The Kier molecular flexibility index (Phi) is 3.14. The third kappa shape index (κ3) is 1.97. The van der Waals surface area contributed by atoms with E-state index in [1.165, 1.54) is 49.8 Å². The summed E-state index contributed by atoms with van der Waals surface area (Å²) in [6.07, 6.45) is 9.85. The molecule has 0 spiro atoms. The molecule has 1 heterocycles. The van der Waals surface area contributed by atoms with Crippen LogP contribution in [0.1, 0.15) is 56.2 Å². The van der Waals surface area contributed by atoms with Gasteiger partial charge in [0, 0.05) is 23.9 Å². The Morgan fingerprint density at radius 3 is 3.06 bits per heavy atom. The minimum absolute atomic E-state index is 0.456. The van der Waals surface area contributed by atoms with Gasteiger partial charge in [-0.1, -0.05) is 13.0 Å². The van der Waals surface area contributed by atoms with Gasteiger partial charge in [-0.25, -0.2) is 0 Å². The zero-order valence-electron chi connectivity index (χ0n) is 11.6. The van der Waals surface area contributed by atoms with Gasteiger partial charge in [-0.15, -0.1) is 0 Å². The maximum atomic E-state index is 4.72. The van der Waals surface area contributed by atoms with E-state index in [9.17, 15) is 0 Å². The molecule has 1 N–H and O–H groups in total. The zero-order valence-corrected chi connectivity index (χ0v) is 11.6. The van der Waals surface area contributed by atoms with Crippen LogP contribution >= 0.6 is 0 Å². The highest BCUT2D eigenvalue weighted by atomic mass is 14.9. The summed E-state index contributed by atoms with van der Waals surface area (Å²) in [5.74, 6) is 0.681. The average Bonchev–Trinajstić information content (AvgIpc) is 2.81. The van der Waals surface area contributed by atoms with Crippen molar-refractivity contribution in [2.45, 2.75) is 57.4 Å². The highest BCUT2D eigenvalue weighted by Crippen LogP contribution is 2.52. The van der Waals surface area contributed by atoms with Crippen LogP contribution in [0, 0.1) is 5.41 Å². The normalized spacial score (nSPS) is 35.4. The van der Waals surface area contributed by atoms with Crippen molar-refractivity contribution in [1.29, 1.82) is 0 Å². The minimum atomic E-state index is 0.456. The second-order valence-electron chi connectivity index (χ2n) is 6.38. The second-order valence-corrected chi connectivity index (χ2v) is 6.38. The molecule has 0 bridgehead atoms. The number of hydrogen-bond acceptors (Lipinski definition) is 2. The molecule has 0 radical (unpaired) electrons. The number of aryl methyl sites for hydroxylation is 1. The lowest BCUT2D eigenvalue weighted by Crippen LogP contribution is -2.30. The summed E-state index contributed by atoms with van der Waals surface area (Å²) in [7, 11) is 2.10. The highest BCUT2D eigenvalue weighted by Gasteiger charge is 2.43. The topological polar surface area (TPSA) is 24.9 Å². The fourth-order valence-corrected chi connectivity index (χ4v) is 4.12. The standard InChI is InChI=1S/C16H24N2/c1-16(9-8-13(11-16)17-2)14-7-3-5-12-6-4-10-18-15(12)14/h4,6,10,13-14,17H,3,5,7-9,11H2,1-2H3. The Labute approximate surface area is 110 Å². The summed E-state index contributed by atoms with van der Waals surface area (Å²) in [5, 5.41) is 3.46. The minimum Gasteiger partial charge on any atom is -0.317 e. The van der Waals surface area contributed by atoms with Crippen molar-refractivity contribution in [2.75, 3.05) is 7.05 Å². The van der Waals surface area contributed by atoms with Crippen LogP contribution in [0.4, 0.5) is 0 Å². The largest absolute Gasteiger partial charge is 0.317 e. The van der Waals surface area contributed by atoms with Crippen LogP contribution in [0.15, 0.2) is 18.3 Å². The van der Waals surface area contributed by atoms with E-state index < -0.39 is 0 Å². The van der Waals surface area contributed by atoms with Gasteiger partial charge in [0.25, 0.3) is 0 Å². The summed E-state index contributed by atoms with van der Waals surface area (Å²) < 4.78 is 0. The van der Waals surface area contributed by atoms with Crippen LogP contribution in [-0.4, -0.2) is 18.1 Å². The van der Waals surface area contributed by atoms with Crippen LogP contribution in [0.5, 0.6) is 0 Å². The second kappa shape index (κ2) is 4.65. The molecule has 0 aliphatic heterocycles. The molecular weight excluding hydrogens is 220 g/mol. The molecule has 0 aromatic carbocycles. The van der Waals surface area contributed by atoms with Crippen LogP contribution in [0.2, 0.25) is 0 Å². The molecule has 0 amide bonds. The quantitative estimate of drug-likeness (QED) is 0.863. The Hall–Kier alpha value is -0.890. The Bertz CT molecular complexity index is 429. The molecule has 2 nitrogen and oxygen atoms in total. The molecule has 1 aromatic heterocycles. The van der Waals surface area contributed by atoms with E-state index in [-0.39, 0.29) is 0 Å². The van der Waals surface area contributed by atoms with Crippen molar-refractivity contribution in [1.82, 2.24) is 10.3 Å². The lowest BCUT2D eigenvalue weighted by molar-refractivity contribution is 0.227. The first-order valence-electron chi connectivity index (χ1n) is 7.34. The summed E-state index contributed by atoms with van der Waals surface area (Å²) in [6, 6.07) is 5.08. The molecule has 98 valence electrons. The Balaban J connectivity index is 1.90. The molecule has 18 heavy (non-hydrogen) atoms. The predicted molar refractivity (Wildman–Crippen MR) is 74.7 cm³/mol. The number of fused-ring (bicyclic) bond motifs is 1. The number of rotatable bonds is 2. The van der Waals surface area contributed by atoms with Gasteiger partial charge < -0.3 is 5.32 Å². The van der Waals surface area contributed by atoms with Gasteiger partial charge in [-0.05, 0) is 62.6 Å². The SMILES string of the molecule is CNC1CCC(C)(C2CCCc3cccnc32)C1. The molecule has 3 rings (SSSR count). The highest BCUT2D eigenvalue weighted by molar-refractivity contribution is 5.28. The molecule has 1 aromatic rings. The Morgan fingerprint density at radius 1 is 1.39 bits per heavy atom. The molecule has 3 atom stereocenters. The molecule has 2 aliphatic carbocycles. The molecule has 1 saturated carbocycles. The summed E-state index contributed by atoms with van der Waals surface area (Å²) in [5.41, 5.74) is 3.36. The number of hydrogen-bond donors (Lipinski definition) is 1. The fourth-order valence-electron chi connectivity index (χ4n) is 4.12. The number of nitrogens with one attached hydrogen (secondary N) is 1. The van der Waals surface area contributed by atoms with Crippen LogP contribution in [-0.2, 0) is 6.42 Å². The first-order valence-corrected chi connectivity index (χ1v) is 7.34. The fraction of sp³-hybridized carbons (Fsp3) is 0.688. The monoisotopic (exact) mass is 244 g/mol. The molecule has 1 fully saturated rings. The summed E-state index contributed by atoms with van der Waals surface area (Å²) >= 11 is 0. The van der Waals surface area contributed by atoms with Gasteiger partial charge in [0.15, 0.2) is 0 Å². The maximum Gasteiger partial charge on any atom is 0.0471 e. The first kappa shape index (κ1) is 12.2. The van der Waals surface area contributed by atoms with E-state index in [2.05, 4.69) is 31.4 Å². The van der Waals surface area contributed by atoms with E-state index >= 15 is 0 Å². The van der Waals surface area contributed by atoms with Crippen molar-refractivity contribution in [3.8, 4) is 0 Å². The van der Waals surface area contributed by atoms with Crippen molar-refractivity contribution < 1.29 is 0 Å². The van der Waals surface area contributed by atoms with E-state index in [0.29, 0.717) is 17.4 Å². The molecule has 2 aliphatic rings. The van der Waals surface area contributed by atoms with Crippen LogP contribution in [0.3, 0.4) is 0 Å². The van der Waals surface area contributed by atoms with Crippen molar-refractivity contribution in [3.05, 3.63) is 29.6 Å². The van der Waals surface area contributed by atoms with Crippen molar-refractivity contribution in [3.63, 3.8) is 0 Å². The predicted octanol–water partition coefficient (Wildman–Crippen LogP) is 3.28. The average molecular weight is 244 g/mol. The van der Waals surface area contributed by atoms with Gasteiger partial charge in [0.05, 0.1) is 0 Å². The molecular formula is C16H24N2. The smallest absolute Gasteiger partial charge is 0.0471 e. The first-order chi connectivity index (χ1) is 8.73. The van der Waals surface area contributed by atoms with Gasteiger partial charge >= 0.3 is 0 Å². The van der Waals surface area contributed by atoms with Gasteiger partial charge in [-0.3, -0.25) is 4.98 Å². The number of aromatic nitrogens is 1. The van der Waals surface area contributed by atoms with Gasteiger partial charge in [0.1, 0.15) is 0 Å².